The predicted molar refractivity (Wildman–Crippen MR) is 55.8 cm³/mol. The second-order valence-electron chi connectivity index (χ2n) is 3.74. The van der Waals surface area contributed by atoms with Gasteiger partial charge in [-0.15, -0.1) is 0 Å². The van der Waals surface area contributed by atoms with Gasteiger partial charge in [0.15, 0.2) is 5.78 Å². The molecule has 0 atom stereocenters. The van der Waals surface area contributed by atoms with E-state index in [1.165, 1.54) is 0 Å². The fourth-order valence-corrected chi connectivity index (χ4v) is 1.71. The largest absolute Gasteiger partial charge is 0.355 e. The van der Waals surface area contributed by atoms with Crippen LogP contribution in [0, 0.1) is 12.8 Å². The first-order valence-electron chi connectivity index (χ1n) is 5.04. The summed E-state index contributed by atoms with van der Waals surface area (Å²) < 4.78 is 10.2. The minimum Gasteiger partial charge on any atom is -0.355 e. The molecule has 0 N–H and O–H groups in total. The van der Waals surface area contributed by atoms with Crippen molar-refractivity contribution >= 4 is 5.78 Å². The van der Waals surface area contributed by atoms with Gasteiger partial charge in [-0.3, -0.25) is 4.79 Å². The van der Waals surface area contributed by atoms with Crippen molar-refractivity contribution in [3.8, 4) is 0 Å². The van der Waals surface area contributed by atoms with Crippen LogP contribution in [0.25, 0.3) is 0 Å². The summed E-state index contributed by atoms with van der Waals surface area (Å²) in [5.74, 6) is -0.0346. The van der Waals surface area contributed by atoms with Crippen LogP contribution in [0.1, 0.15) is 15.9 Å². The van der Waals surface area contributed by atoms with E-state index in [2.05, 4.69) is 0 Å². The lowest BCUT2D eigenvalue weighted by Crippen LogP contribution is -2.31. The molecular formula is C12H14O3. The van der Waals surface area contributed by atoms with Crippen molar-refractivity contribution in [2.75, 3.05) is 20.0 Å². The van der Waals surface area contributed by atoms with Crippen LogP contribution in [0.2, 0.25) is 0 Å². The third kappa shape index (κ3) is 2.25. The summed E-state index contributed by atoms with van der Waals surface area (Å²) in [6.45, 7) is 3.18. The zero-order valence-electron chi connectivity index (χ0n) is 8.73. The number of hydrogen-bond donors (Lipinski definition) is 0. The average molecular weight is 206 g/mol. The highest BCUT2D eigenvalue weighted by molar-refractivity contribution is 5.99. The lowest BCUT2D eigenvalue weighted by atomic mass is 9.95. The third-order valence-electron chi connectivity index (χ3n) is 2.59. The molecule has 0 saturated carbocycles. The summed E-state index contributed by atoms with van der Waals surface area (Å²) in [7, 11) is 0. The SMILES string of the molecule is Cc1ccccc1C(=O)C1COCOC1. The van der Waals surface area contributed by atoms with Gasteiger partial charge in [0.1, 0.15) is 6.79 Å². The Labute approximate surface area is 89.0 Å². The lowest BCUT2D eigenvalue weighted by molar-refractivity contribution is -0.116. The molecule has 15 heavy (non-hydrogen) atoms. The number of benzene rings is 1. The molecule has 3 nitrogen and oxygen atoms in total. The number of hydrogen-bond acceptors (Lipinski definition) is 3. The van der Waals surface area contributed by atoms with Crippen LogP contribution in [-0.2, 0) is 9.47 Å². The molecule has 1 aromatic carbocycles. The van der Waals surface area contributed by atoms with Crippen LogP contribution >= 0.6 is 0 Å². The topological polar surface area (TPSA) is 35.5 Å². The molecule has 0 bridgehead atoms. The summed E-state index contributed by atoms with van der Waals surface area (Å²) in [5.41, 5.74) is 1.78. The normalized spacial score (nSPS) is 17.7. The fraction of sp³-hybridized carbons (Fsp3) is 0.417. The van der Waals surface area contributed by atoms with Crippen molar-refractivity contribution in [1.29, 1.82) is 0 Å². The van der Waals surface area contributed by atoms with E-state index in [9.17, 15) is 4.79 Å². The highest BCUT2D eigenvalue weighted by atomic mass is 16.7. The Morgan fingerprint density at radius 3 is 2.60 bits per heavy atom. The van der Waals surface area contributed by atoms with Gasteiger partial charge in [-0.1, -0.05) is 24.3 Å². The van der Waals surface area contributed by atoms with Gasteiger partial charge < -0.3 is 9.47 Å². The molecule has 0 radical (unpaired) electrons. The highest BCUT2D eigenvalue weighted by Crippen LogP contribution is 2.16. The average Bonchev–Trinajstić information content (AvgIpc) is 2.30. The van der Waals surface area contributed by atoms with Crippen LogP contribution in [-0.4, -0.2) is 25.8 Å². The van der Waals surface area contributed by atoms with Gasteiger partial charge in [-0.2, -0.15) is 0 Å². The van der Waals surface area contributed by atoms with E-state index in [-0.39, 0.29) is 11.7 Å². The highest BCUT2D eigenvalue weighted by Gasteiger charge is 2.24. The minimum absolute atomic E-state index is 0.118. The van der Waals surface area contributed by atoms with Gasteiger partial charge >= 0.3 is 0 Å². The quantitative estimate of drug-likeness (QED) is 0.692. The molecule has 1 aliphatic heterocycles. The molecule has 80 valence electrons. The Hall–Kier alpha value is -1.19. The third-order valence-corrected chi connectivity index (χ3v) is 2.59. The summed E-state index contributed by atoms with van der Waals surface area (Å²) in [5, 5.41) is 0. The first-order valence-corrected chi connectivity index (χ1v) is 5.04. The molecule has 1 aliphatic rings. The van der Waals surface area contributed by atoms with Gasteiger partial charge in [-0.25, -0.2) is 0 Å². The number of ketones is 1. The predicted octanol–water partition coefficient (Wildman–Crippen LogP) is 1.80. The maximum atomic E-state index is 12.1. The van der Waals surface area contributed by atoms with Crippen LogP contribution in [0.4, 0.5) is 0 Å². The molecule has 0 aliphatic carbocycles. The van der Waals surface area contributed by atoms with Crippen LogP contribution in [0.15, 0.2) is 24.3 Å². The Morgan fingerprint density at radius 1 is 1.27 bits per heavy atom. The zero-order valence-corrected chi connectivity index (χ0v) is 8.73. The van der Waals surface area contributed by atoms with E-state index >= 15 is 0 Å². The van der Waals surface area contributed by atoms with Gasteiger partial charge in [0.25, 0.3) is 0 Å². The second-order valence-corrected chi connectivity index (χ2v) is 3.74. The first-order chi connectivity index (χ1) is 7.29. The van der Waals surface area contributed by atoms with Crippen molar-refractivity contribution in [1.82, 2.24) is 0 Å². The van der Waals surface area contributed by atoms with Crippen molar-refractivity contribution in [2.24, 2.45) is 5.92 Å². The molecule has 0 spiro atoms. The minimum atomic E-state index is -0.153. The number of rotatable bonds is 2. The first kappa shape index (κ1) is 10.3. The summed E-state index contributed by atoms with van der Waals surface area (Å²) >= 11 is 0. The fourth-order valence-electron chi connectivity index (χ4n) is 1.71. The van der Waals surface area contributed by atoms with Crippen molar-refractivity contribution in [3.63, 3.8) is 0 Å². The number of carbonyl (C=O) groups excluding carboxylic acids is 1. The molecule has 1 heterocycles. The van der Waals surface area contributed by atoms with Crippen LogP contribution < -0.4 is 0 Å². The Kier molecular flexibility index (Phi) is 3.14. The molecule has 3 heteroatoms. The van der Waals surface area contributed by atoms with E-state index in [4.69, 9.17) is 9.47 Å². The Morgan fingerprint density at radius 2 is 1.93 bits per heavy atom. The summed E-state index contributed by atoms with van der Waals surface area (Å²) in [4.78, 5) is 12.1. The van der Waals surface area contributed by atoms with E-state index in [1.54, 1.807) is 0 Å². The van der Waals surface area contributed by atoms with Gasteiger partial charge in [0, 0.05) is 5.56 Å². The number of carbonyl (C=O) groups is 1. The molecule has 0 amide bonds. The monoisotopic (exact) mass is 206 g/mol. The Balaban J connectivity index is 2.16. The molecule has 2 rings (SSSR count). The molecule has 0 unspecified atom stereocenters. The maximum absolute atomic E-state index is 12.1. The van der Waals surface area contributed by atoms with Gasteiger partial charge in [-0.05, 0) is 12.5 Å². The maximum Gasteiger partial charge on any atom is 0.170 e. The van der Waals surface area contributed by atoms with E-state index in [1.807, 2.05) is 31.2 Å². The van der Waals surface area contributed by atoms with Crippen LogP contribution in [0.3, 0.4) is 0 Å². The zero-order chi connectivity index (χ0) is 10.7. The van der Waals surface area contributed by atoms with Crippen LogP contribution in [0.5, 0.6) is 0 Å². The number of ether oxygens (including phenoxy) is 2. The standard InChI is InChI=1S/C12H14O3/c1-9-4-2-3-5-11(9)12(13)10-6-14-8-15-7-10/h2-5,10H,6-8H2,1H3. The summed E-state index contributed by atoms with van der Waals surface area (Å²) in [6, 6.07) is 7.61. The van der Waals surface area contributed by atoms with Crippen molar-refractivity contribution in [3.05, 3.63) is 35.4 Å². The Bertz CT molecular complexity index is 354. The summed E-state index contributed by atoms with van der Waals surface area (Å²) in [6.07, 6.45) is 0. The van der Waals surface area contributed by atoms with E-state index < -0.39 is 0 Å². The molecule has 1 fully saturated rings. The van der Waals surface area contributed by atoms with Crippen molar-refractivity contribution < 1.29 is 14.3 Å². The molecule has 0 aromatic heterocycles. The van der Waals surface area contributed by atoms with Gasteiger partial charge in [0.05, 0.1) is 19.1 Å². The van der Waals surface area contributed by atoms with Crippen molar-refractivity contribution in [2.45, 2.75) is 6.92 Å². The smallest absolute Gasteiger partial charge is 0.170 e. The molecule has 1 aromatic rings. The second kappa shape index (κ2) is 4.55. The number of Topliss-reactive ketones (excluding diaryl/α,β-unsaturated/α-hetero) is 1. The van der Waals surface area contributed by atoms with E-state index in [0.717, 1.165) is 11.1 Å². The molecule has 1 saturated heterocycles. The van der Waals surface area contributed by atoms with Gasteiger partial charge in [0.2, 0.25) is 0 Å². The van der Waals surface area contributed by atoms with E-state index in [0.29, 0.717) is 20.0 Å². The number of aryl methyl sites for hydroxylation is 1. The lowest BCUT2D eigenvalue weighted by Gasteiger charge is -2.21. The molecular weight excluding hydrogens is 192 g/mol.